The minimum Gasteiger partial charge on any atom is -0.492 e. The van der Waals surface area contributed by atoms with E-state index in [0.717, 1.165) is 0 Å². The summed E-state index contributed by atoms with van der Waals surface area (Å²) in [5.41, 5.74) is -0.245. The first-order chi connectivity index (χ1) is 13.0. The number of Topliss-reactive ketones (excluding diaryl/α,β-unsaturated/α-hetero) is 1. The highest BCUT2D eigenvalue weighted by Gasteiger charge is 2.49. The van der Waals surface area contributed by atoms with E-state index in [-0.39, 0.29) is 23.6 Å². The minimum absolute atomic E-state index is 0.00851. The number of sulfonamides is 1. The number of carbonyl (C=O) groups excluding carboxylic acids is 1. The molecule has 27 heavy (non-hydrogen) atoms. The highest BCUT2D eigenvalue weighted by atomic mass is 32.2. The molecule has 2 aliphatic rings. The third-order valence-electron chi connectivity index (χ3n) is 5.04. The van der Waals surface area contributed by atoms with E-state index in [1.807, 2.05) is 13.0 Å². The molecule has 6 nitrogen and oxygen atoms in total. The largest absolute Gasteiger partial charge is 0.492 e. The molecule has 1 fully saturated rings. The van der Waals surface area contributed by atoms with Gasteiger partial charge in [0.2, 0.25) is 10.0 Å². The lowest BCUT2D eigenvalue weighted by Crippen LogP contribution is -2.45. The Morgan fingerprint density at radius 2 is 1.89 bits per heavy atom. The van der Waals surface area contributed by atoms with E-state index in [1.54, 1.807) is 42.5 Å². The van der Waals surface area contributed by atoms with Crippen molar-refractivity contribution in [2.45, 2.75) is 30.3 Å². The van der Waals surface area contributed by atoms with Crippen molar-refractivity contribution in [3.05, 3.63) is 54.1 Å². The fourth-order valence-electron chi connectivity index (χ4n) is 3.76. The van der Waals surface area contributed by atoms with Crippen LogP contribution in [0, 0.1) is 0 Å². The number of fused-ring (bicyclic) bond motifs is 1. The lowest BCUT2D eigenvalue weighted by atomic mass is 9.89. The second-order valence-corrected chi connectivity index (χ2v) is 8.76. The summed E-state index contributed by atoms with van der Waals surface area (Å²) in [5.74, 6) is 0.862. The first-order valence-electron chi connectivity index (χ1n) is 8.98. The van der Waals surface area contributed by atoms with Crippen molar-refractivity contribution in [2.75, 3.05) is 19.7 Å². The third kappa shape index (κ3) is 3.11. The fraction of sp³-hybridized carbons (Fsp3) is 0.350. The smallest absolute Gasteiger partial charge is 0.246 e. The van der Waals surface area contributed by atoms with Crippen LogP contribution in [0.25, 0.3) is 0 Å². The molecule has 1 atom stereocenters. The van der Waals surface area contributed by atoms with Crippen LogP contribution in [0.3, 0.4) is 0 Å². The molecule has 142 valence electrons. The molecular weight excluding hydrogens is 366 g/mol. The molecule has 1 unspecified atom stereocenters. The molecule has 1 saturated heterocycles. The molecule has 0 saturated carbocycles. The Hall–Kier alpha value is -2.38. The van der Waals surface area contributed by atoms with E-state index in [0.29, 0.717) is 36.6 Å². The van der Waals surface area contributed by atoms with E-state index in [4.69, 9.17) is 9.47 Å². The van der Waals surface area contributed by atoms with Crippen molar-refractivity contribution in [2.24, 2.45) is 0 Å². The van der Waals surface area contributed by atoms with Gasteiger partial charge in [0.1, 0.15) is 22.0 Å². The second-order valence-electron chi connectivity index (χ2n) is 6.85. The van der Waals surface area contributed by atoms with Gasteiger partial charge in [0.05, 0.1) is 25.1 Å². The molecule has 4 rings (SSSR count). The first-order valence-corrected chi connectivity index (χ1v) is 10.4. The Balaban J connectivity index is 1.63. The summed E-state index contributed by atoms with van der Waals surface area (Å²) in [6, 6.07) is 13.7. The van der Waals surface area contributed by atoms with E-state index >= 15 is 0 Å². The summed E-state index contributed by atoms with van der Waals surface area (Å²) in [6.07, 6.45) is 0.659. The number of carbonyl (C=O) groups is 1. The van der Waals surface area contributed by atoms with Gasteiger partial charge in [-0.05, 0) is 31.2 Å². The molecular formula is C20H21NO5S. The van der Waals surface area contributed by atoms with Crippen molar-refractivity contribution >= 4 is 15.8 Å². The zero-order valence-electron chi connectivity index (χ0n) is 15.1. The summed E-state index contributed by atoms with van der Waals surface area (Å²) in [5, 5.41) is 0. The van der Waals surface area contributed by atoms with E-state index in [2.05, 4.69) is 0 Å². The molecule has 0 amide bonds. The van der Waals surface area contributed by atoms with Crippen LogP contribution in [-0.4, -0.2) is 43.8 Å². The normalized spacial score (nSPS) is 22.5. The summed E-state index contributed by atoms with van der Waals surface area (Å²) in [4.78, 5) is 12.7. The van der Waals surface area contributed by atoms with Gasteiger partial charge >= 0.3 is 0 Å². The summed E-state index contributed by atoms with van der Waals surface area (Å²) >= 11 is 0. The highest BCUT2D eigenvalue weighted by Crippen LogP contribution is 2.40. The van der Waals surface area contributed by atoms with Gasteiger partial charge in [-0.1, -0.05) is 24.3 Å². The zero-order chi connectivity index (χ0) is 19.1. The van der Waals surface area contributed by atoms with Crippen LogP contribution < -0.4 is 9.47 Å². The van der Waals surface area contributed by atoms with E-state index in [9.17, 15) is 13.2 Å². The molecule has 1 spiro atoms. The molecule has 2 aliphatic heterocycles. The molecule has 0 aromatic heterocycles. The molecule has 0 radical (unpaired) electrons. The van der Waals surface area contributed by atoms with E-state index in [1.165, 1.54) is 4.31 Å². The van der Waals surface area contributed by atoms with Crippen molar-refractivity contribution in [3.8, 4) is 11.5 Å². The quantitative estimate of drug-likeness (QED) is 0.807. The van der Waals surface area contributed by atoms with Gasteiger partial charge in [-0.3, -0.25) is 4.79 Å². The lowest BCUT2D eigenvalue weighted by molar-refractivity contribution is 0.0498. The number of hydrogen-bond acceptors (Lipinski definition) is 5. The third-order valence-corrected chi connectivity index (χ3v) is 6.93. The summed E-state index contributed by atoms with van der Waals surface area (Å²) in [6.45, 7) is 2.64. The SMILES string of the molecule is CCOc1ccccc1S(=O)(=O)N1CCC2(CC(=O)c3ccccc3O2)C1. The molecule has 0 N–H and O–H groups in total. The highest BCUT2D eigenvalue weighted by molar-refractivity contribution is 7.89. The topological polar surface area (TPSA) is 72.9 Å². The molecule has 2 aromatic carbocycles. The number of rotatable bonds is 4. The van der Waals surface area contributed by atoms with Gasteiger partial charge in [-0.2, -0.15) is 4.31 Å². The van der Waals surface area contributed by atoms with Crippen LogP contribution in [0.5, 0.6) is 11.5 Å². The molecule has 0 bridgehead atoms. The Kier molecular flexibility index (Phi) is 4.44. The average molecular weight is 387 g/mol. The van der Waals surface area contributed by atoms with Crippen LogP contribution in [0.2, 0.25) is 0 Å². The maximum Gasteiger partial charge on any atom is 0.246 e. The van der Waals surface area contributed by atoms with Gasteiger partial charge in [0.25, 0.3) is 0 Å². The Bertz CT molecular complexity index is 987. The van der Waals surface area contributed by atoms with Crippen molar-refractivity contribution in [3.63, 3.8) is 0 Å². The van der Waals surface area contributed by atoms with Gasteiger partial charge < -0.3 is 9.47 Å². The van der Waals surface area contributed by atoms with Crippen molar-refractivity contribution in [1.29, 1.82) is 0 Å². The number of benzene rings is 2. The maximum atomic E-state index is 13.2. The monoisotopic (exact) mass is 387 g/mol. The van der Waals surface area contributed by atoms with E-state index < -0.39 is 15.6 Å². The van der Waals surface area contributed by atoms with Crippen molar-refractivity contribution in [1.82, 2.24) is 4.31 Å². The average Bonchev–Trinajstić information content (AvgIpc) is 3.06. The van der Waals surface area contributed by atoms with Crippen LogP contribution >= 0.6 is 0 Å². The Labute approximate surface area is 158 Å². The van der Waals surface area contributed by atoms with Crippen LogP contribution in [-0.2, 0) is 10.0 Å². The number of ether oxygens (including phenoxy) is 2. The van der Waals surface area contributed by atoms with Crippen LogP contribution in [0.15, 0.2) is 53.4 Å². The fourth-order valence-corrected chi connectivity index (χ4v) is 5.41. The van der Waals surface area contributed by atoms with Crippen LogP contribution in [0.1, 0.15) is 30.1 Å². The van der Waals surface area contributed by atoms with Gasteiger partial charge in [0.15, 0.2) is 5.78 Å². The van der Waals surface area contributed by atoms with Crippen molar-refractivity contribution < 1.29 is 22.7 Å². The number of nitrogens with zero attached hydrogens (tertiary/aromatic N) is 1. The van der Waals surface area contributed by atoms with Gasteiger partial charge in [-0.25, -0.2) is 8.42 Å². The maximum absolute atomic E-state index is 13.2. The van der Waals surface area contributed by atoms with Gasteiger partial charge in [0, 0.05) is 13.0 Å². The predicted molar refractivity (Wildman–Crippen MR) is 99.7 cm³/mol. The molecule has 7 heteroatoms. The Morgan fingerprint density at radius 3 is 2.70 bits per heavy atom. The first kappa shape index (κ1) is 18.0. The zero-order valence-corrected chi connectivity index (χ0v) is 15.9. The number of hydrogen-bond donors (Lipinski definition) is 0. The minimum atomic E-state index is -3.74. The summed E-state index contributed by atoms with van der Waals surface area (Å²) in [7, 11) is -3.74. The molecule has 2 heterocycles. The van der Waals surface area contributed by atoms with Crippen LogP contribution in [0.4, 0.5) is 0 Å². The molecule has 0 aliphatic carbocycles. The standard InChI is InChI=1S/C20H21NO5S/c1-2-25-18-9-5-6-10-19(18)27(23,24)21-12-11-20(14-21)13-16(22)15-7-3-4-8-17(15)26-20/h3-10H,2,11-14H2,1H3. The molecule has 2 aromatic rings. The van der Waals surface area contributed by atoms with Gasteiger partial charge in [-0.15, -0.1) is 0 Å². The predicted octanol–water partition coefficient (Wildman–Crippen LogP) is 2.88. The second kappa shape index (κ2) is 6.65. The number of para-hydroxylation sites is 2. The lowest BCUT2D eigenvalue weighted by Gasteiger charge is -2.34. The number of ketones is 1. The Morgan fingerprint density at radius 1 is 1.15 bits per heavy atom. The summed E-state index contributed by atoms with van der Waals surface area (Å²) < 4.78 is 39.4.